The van der Waals surface area contributed by atoms with Crippen molar-refractivity contribution < 1.29 is 56.8 Å². The van der Waals surface area contributed by atoms with Gasteiger partial charge in [-0.3, -0.25) is 0 Å². The number of carbonyl (C=O) groups excluding carboxylic acids is 1. The molecule has 0 bridgehead atoms. The first-order chi connectivity index (χ1) is 8.73. The first-order valence-electron chi connectivity index (χ1n) is 5.13. The Labute approximate surface area is 148 Å². The van der Waals surface area contributed by atoms with E-state index in [2.05, 4.69) is 20.7 Å². The van der Waals surface area contributed by atoms with Gasteiger partial charge in [0.25, 0.3) is 0 Å². The summed E-state index contributed by atoms with van der Waals surface area (Å²) in [4.78, 5) is 11.8. The van der Waals surface area contributed by atoms with Crippen molar-refractivity contribution in [2.45, 2.75) is 12.2 Å². The Bertz CT molecular complexity index is 601. The smallest absolute Gasteiger partial charge is 0.747 e. The minimum absolute atomic E-state index is 0. The molecule has 0 saturated carbocycles. The number of methoxy groups -OCH3 is 2. The monoisotopic (exact) mass is 374 g/mol. The van der Waals surface area contributed by atoms with Crippen LogP contribution in [0.25, 0.3) is 0 Å². The van der Waals surface area contributed by atoms with E-state index in [1.54, 1.807) is 0 Å². The van der Waals surface area contributed by atoms with E-state index in [4.69, 9.17) is 4.74 Å². The number of ether oxygens (including phenoxy) is 2. The van der Waals surface area contributed by atoms with Gasteiger partial charge < -0.3 is 14.0 Å². The van der Waals surface area contributed by atoms with Gasteiger partial charge in [-0.05, 0) is 34.5 Å². The molecule has 106 valence electrons. The van der Waals surface area contributed by atoms with Crippen molar-refractivity contribution in [3.8, 4) is 5.75 Å². The second-order valence-electron chi connectivity index (χ2n) is 3.67. The molecule has 1 aromatic carbocycles. The van der Waals surface area contributed by atoms with E-state index in [-0.39, 0.29) is 46.4 Å². The van der Waals surface area contributed by atoms with Gasteiger partial charge in [0.05, 0.1) is 23.9 Å². The minimum Gasteiger partial charge on any atom is -0.747 e. The third kappa shape index (κ3) is 4.19. The van der Waals surface area contributed by atoms with Crippen LogP contribution < -0.4 is 34.3 Å². The molecule has 0 fully saturated rings. The van der Waals surface area contributed by atoms with Crippen LogP contribution in [0, 0.1) is 0 Å². The zero-order chi connectivity index (χ0) is 14.8. The Kier molecular flexibility index (Phi) is 7.72. The van der Waals surface area contributed by atoms with Crippen LogP contribution in [0.4, 0.5) is 0 Å². The molecule has 20 heavy (non-hydrogen) atoms. The van der Waals surface area contributed by atoms with E-state index in [0.717, 1.165) is 7.11 Å². The van der Waals surface area contributed by atoms with Crippen LogP contribution in [0.2, 0.25) is 0 Å². The first kappa shape index (κ1) is 19.9. The summed E-state index contributed by atoms with van der Waals surface area (Å²) in [6.07, 6.45) is 0. The molecule has 6 nitrogen and oxygen atoms in total. The summed E-state index contributed by atoms with van der Waals surface area (Å²) in [5, 5.41) is -1.39. The Morgan fingerprint density at radius 1 is 1.35 bits per heavy atom. The summed E-state index contributed by atoms with van der Waals surface area (Å²) in [6.45, 7) is 1.21. The molecule has 9 heteroatoms. The fourth-order valence-electron chi connectivity index (χ4n) is 1.58. The summed E-state index contributed by atoms with van der Waals surface area (Å²) < 4.78 is 43.5. The van der Waals surface area contributed by atoms with Crippen LogP contribution in [0.15, 0.2) is 16.6 Å². The molecule has 0 aliphatic carbocycles. The molecule has 0 aliphatic heterocycles. The van der Waals surface area contributed by atoms with E-state index in [0.29, 0.717) is 4.47 Å². The van der Waals surface area contributed by atoms with Crippen LogP contribution in [0.5, 0.6) is 5.75 Å². The molecule has 0 N–H and O–H groups in total. The number of carbonyl (C=O) groups is 1. The number of halogens is 1. The van der Waals surface area contributed by atoms with Crippen molar-refractivity contribution in [3.05, 3.63) is 27.7 Å². The van der Waals surface area contributed by atoms with E-state index in [1.807, 2.05) is 0 Å². The number of esters is 1. The zero-order valence-electron chi connectivity index (χ0n) is 11.5. The van der Waals surface area contributed by atoms with Gasteiger partial charge in [-0.15, -0.1) is 0 Å². The fraction of sp³-hybridized carbons (Fsp3) is 0.364. The maximum absolute atomic E-state index is 11.8. The van der Waals surface area contributed by atoms with Crippen molar-refractivity contribution in [1.82, 2.24) is 0 Å². The SMILES string of the molecule is COC(=O)c1c(C(C)S(=O)(=O)[O-])ccc(Br)c1OC.[Na+]. The van der Waals surface area contributed by atoms with Crippen LogP contribution in [0.3, 0.4) is 0 Å². The molecule has 0 aliphatic rings. The number of benzene rings is 1. The van der Waals surface area contributed by atoms with Crippen molar-refractivity contribution in [2.24, 2.45) is 0 Å². The quantitative estimate of drug-likeness (QED) is 0.375. The van der Waals surface area contributed by atoms with Crippen LogP contribution >= 0.6 is 15.9 Å². The fourth-order valence-corrected chi connectivity index (χ4v) is 2.58. The standard InChI is InChI=1S/C11H13BrO6S.Na/c1-6(19(14,15)16)7-4-5-8(12)10(17-2)9(7)11(13)18-3;/h4-6H,1-3H3,(H,14,15,16);/q;+1/p-1. The molecule has 0 aromatic heterocycles. The van der Waals surface area contributed by atoms with E-state index in [1.165, 1.54) is 26.2 Å². The molecule has 1 rings (SSSR count). The van der Waals surface area contributed by atoms with Gasteiger partial charge in [0.2, 0.25) is 0 Å². The van der Waals surface area contributed by atoms with Gasteiger partial charge in [0.1, 0.15) is 21.4 Å². The topological polar surface area (TPSA) is 92.7 Å². The van der Waals surface area contributed by atoms with Crippen LogP contribution in [0.1, 0.15) is 28.1 Å². The summed E-state index contributed by atoms with van der Waals surface area (Å²) in [7, 11) is -2.10. The summed E-state index contributed by atoms with van der Waals surface area (Å²) >= 11 is 3.18. The Hall–Kier alpha value is -0.120. The van der Waals surface area contributed by atoms with Crippen molar-refractivity contribution >= 4 is 32.0 Å². The van der Waals surface area contributed by atoms with Crippen molar-refractivity contribution in [2.75, 3.05) is 14.2 Å². The van der Waals surface area contributed by atoms with Gasteiger partial charge in [-0.2, -0.15) is 0 Å². The third-order valence-corrected chi connectivity index (χ3v) is 4.35. The Balaban J connectivity index is 0.00000361. The summed E-state index contributed by atoms with van der Waals surface area (Å²) in [5.41, 5.74) is -0.0341. The normalized spacial score (nSPS) is 12.2. The number of rotatable bonds is 4. The van der Waals surface area contributed by atoms with Gasteiger partial charge in [0, 0.05) is 0 Å². The van der Waals surface area contributed by atoms with Crippen molar-refractivity contribution in [3.63, 3.8) is 0 Å². The van der Waals surface area contributed by atoms with E-state index in [9.17, 15) is 17.8 Å². The molecular weight excluding hydrogens is 363 g/mol. The number of hydrogen-bond donors (Lipinski definition) is 0. The van der Waals surface area contributed by atoms with Crippen LogP contribution in [-0.2, 0) is 14.9 Å². The molecule has 0 saturated heterocycles. The third-order valence-electron chi connectivity index (χ3n) is 2.61. The van der Waals surface area contributed by atoms with Crippen LogP contribution in [-0.4, -0.2) is 33.2 Å². The molecule has 0 heterocycles. The Morgan fingerprint density at radius 3 is 2.30 bits per heavy atom. The second-order valence-corrected chi connectivity index (χ2v) is 6.22. The van der Waals surface area contributed by atoms with Gasteiger partial charge >= 0.3 is 35.5 Å². The molecule has 0 spiro atoms. The summed E-state index contributed by atoms with van der Waals surface area (Å²) in [5.74, 6) is -0.650. The molecule has 1 atom stereocenters. The van der Waals surface area contributed by atoms with Gasteiger partial charge in [0.15, 0.2) is 0 Å². The maximum atomic E-state index is 11.8. The largest absolute Gasteiger partial charge is 1.00 e. The molecule has 1 unspecified atom stereocenters. The van der Waals surface area contributed by atoms with E-state index < -0.39 is 21.3 Å². The predicted molar refractivity (Wildman–Crippen MR) is 70.1 cm³/mol. The second kappa shape index (κ2) is 7.77. The average molecular weight is 375 g/mol. The Morgan fingerprint density at radius 2 is 1.90 bits per heavy atom. The first-order valence-corrected chi connectivity index (χ1v) is 7.39. The number of hydrogen-bond acceptors (Lipinski definition) is 6. The predicted octanol–water partition coefficient (Wildman–Crippen LogP) is -1.15. The zero-order valence-corrected chi connectivity index (χ0v) is 15.9. The van der Waals surface area contributed by atoms with Gasteiger partial charge in [-0.1, -0.05) is 6.07 Å². The minimum atomic E-state index is -4.59. The summed E-state index contributed by atoms with van der Waals surface area (Å²) in [6, 6.07) is 2.88. The maximum Gasteiger partial charge on any atom is 1.00 e. The van der Waals surface area contributed by atoms with Gasteiger partial charge in [-0.25, -0.2) is 13.2 Å². The molecule has 0 amide bonds. The molecular formula is C11H12BrNaO6S. The molecule has 1 aromatic rings. The van der Waals surface area contributed by atoms with Crippen molar-refractivity contribution in [1.29, 1.82) is 0 Å². The molecule has 0 radical (unpaired) electrons. The average Bonchev–Trinajstić information content (AvgIpc) is 2.35. The van der Waals surface area contributed by atoms with E-state index >= 15 is 0 Å².